The van der Waals surface area contributed by atoms with Crippen molar-refractivity contribution in [1.82, 2.24) is 0 Å². The molecule has 4 saturated carbocycles. The average Bonchev–Trinajstić information content (AvgIpc) is 3.85. The highest BCUT2D eigenvalue weighted by Crippen LogP contribution is 2.89. The van der Waals surface area contributed by atoms with E-state index in [1.807, 2.05) is 11.8 Å². The molecule has 1 nitrogen and oxygen atoms in total. The molecule has 1 aliphatic heterocycles. The van der Waals surface area contributed by atoms with Crippen molar-refractivity contribution in [3.63, 3.8) is 0 Å². The minimum Gasteiger partial charge on any atom is -0.310 e. The van der Waals surface area contributed by atoms with Crippen LogP contribution in [-0.2, 0) is 21.7 Å². The standard InChI is InChI=1S/C57H55NS/c1-53(2)26-27-54(3,4)52-44(53)19-13-20-46(52)58(37-22-24-41-40-16-10-11-18-42(40)55(5,6)45(41)31-37)38-23-25-43-48(32-38)59-47-21-12-17-39(35-14-8-7-9-15-35)51(47)57(43)49-29-34-28-36-30-50(57)56(36,49)33-34/h7-25,31-32,34,36,49-50H,26-30,33H2,1-6H3. The second kappa shape index (κ2) is 11.4. The lowest BCUT2D eigenvalue weighted by Crippen LogP contribution is -2.74. The van der Waals surface area contributed by atoms with Crippen molar-refractivity contribution >= 4 is 28.8 Å². The molecule has 6 aliphatic carbocycles. The lowest BCUT2D eigenvalue weighted by molar-refractivity contribution is -0.234. The Balaban J connectivity index is 1.04. The maximum absolute atomic E-state index is 2.67. The summed E-state index contributed by atoms with van der Waals surface area (Å²) >= 11 is 2.05. The third-order valence-corrected chi connectivity index (χ3v) is 18.9. The summed E-state index contributed by atoms with van der Waals surface area (Å²) in [5.74, 6) is 3.36. The van der Waals surface area contributed by atoms with Crippen molar-refractivity contribution in [2.45, 2.75) is 112 Å². The van der Waals surface area contributed by atoms with Crippen LogP contribution in [0.25, 0.3) is 22.3 Å². The van der Waals surface area contributed by atoms with Crippen LogP contribution in [0, 0.1) is 29.1 Å². The molecule has 13 rings (SSSR count). The Bertz CT molecular complexity index is 2790. The average molecular weight is 786 g/mol. The van der Waals surface area contributed by atoms with Crippen molar-refractivity contribution < 1.29 is 0 Å². The molecule has 6 atom stereocenters. The van der Waals surface area contributed by atoms with Gasteiger partial charge >= 0.3 is 0 Å². The van der Waals surface area contributed by atoms with Crippen LogP contribution in [0.4, 0.5) is 17.1 Å². The van der Waals surface area contributed by atoms with Crippen molar-refractivity contribution in [2.24, 2.45) is 29.1 Å². The zero-order valence-electron chi connectivity index (χ0n) is 35.5. The number of fused-ring (bicyclic) bond motifs is 11. The van der Waals surface area contributed by atoms with Crippen molar-refractivity contribution in [3.05, 3.63) is 161 Å². The molecule has 0 saturated heterocycles. The third kappa shape index (κ3) is 4.25. The molecule has 4 fully saturated rings. The molecular formula is C57H55NS. The number of nitrogens with zero attached hydrogens (tertiary/aromatic N) is 1. The van der Waals surface area contributed by atoms with Gasteiger partial charge in [-0.1, -0.05) is 144 Å². The van der Waals surface area contributed by atoms with Crippen molar-refractivity contribution in [2.75, 3.05) is 4.90 Å². The van der Waals surface area contributed by atoms with Crippen molar-refractivity contribution in [1.29, 1.82) is 0 Å². The zero-order valence-corrected chi connectivity index (χ0v) is 36.3. The van der Waals surface area contributed by atoms with E-state index in [0.717, 1.165) is 23.7 Å². The SMILES string of the molecule is CC1(C)CCC(C)(C)c2c(N(c3ccc4c(c3)Sc3cccc(-c5ccccc5)c3C43C4CC5CC6CC3C64C5)c3ccc4c(c3)C(C)(C)c3ccccc3-4)cccc21. The Morgan fingerprint density at radius 1 is 0.525 bits per heavy atom. The summed E-state index contributed by atoms with van der Waals surface area (Å²) in [5, 5.41) is 0. The maximum Gasteiger partial charge on any atom is 0.0502 e. The quantitative estimate of drug-likeness (QED) is 0.175. The molecule has 2 bridgehead atoms. The molecule has 6 aromatic carbocycles. The first-order chi connectivity index (χ1) is 28.4. The van der Waals surface area contributed by atoms with Crippen LogP contribution in [0.2, 0.25) is 0 Å². The first-order valence-corrected chi connectivity index (χ1v) is 23.5. The first kappa shape index (κ1) is 35.2. The highest BCUT2D eigenvalue weighted by Gasteiger charge is 2.84. The second-order valence-corrected chi connectivity index (χ2v) is 22.7. The zero-order chi connectivity index (χ0) is 39.8. The molecule has 1 heterocycles. The summed E-state index contributed by atoms with van der Waals surface area (Å²) in [6.07, 6.45) is 8.16. The summed E-state index contributed by atoms with van der Waals surface area (Å²) in [5.41, 5.74) is 19.4. The van der Waals surface area contributed by atoms with E-state index in [0.29, 0.717) is 5.41 Å². The molecule has 59 heavy (non-hydrogen) atoms. The summed E-state index contributed by atoms with van der Waals surface area (Å²) in [6.45, 7) is 14.8. The van der Waals surface area contributed by atoms with Crippen LogP contribution in [0.15, 0.2) is 137 Å². The Hall–Kier alpha value is -4.53. The normalized spacial score (nSPS) is 29.6. The lowest BCUT2D eigenvalue weighted by atomic mass is 9.26. The van der Waals surface area contributed by atoms with E-state index in [1.165, 1.54) is 110 Å². The highest BCUT2D eigenvalue weighted by atomic mass is 32.2. The lowest BCUT2D eigenvalue weighted by Gasteiger charge is -2.78. The van der Waals surface area contributed by atoms with Gasteiger partial charge < -0.3 is 4.90 Å². The van der Waals surface area contributed by atoms with Gasteiger partial charge in [0.25, 0.3) is 0 Å². The van der Waals surface area contributed by atoms with Gasteiger partial charge in [0.15, 0.2) is 0 Å². The summed E-state index contributed by atoms with van der Waals surface area (Å²) < 4.78 is 0. The van der Waals surface area contributed by atoms with E-state index in [1.54, 1.807) is 11.1 Å². The van der Waals surface area contributed by atoms with E-state index in [9.17, 15) is 0 Å². The molecule has 6 aromatic rings. The van der Waals surface area contributed by atoms with Crippen LogP contribution in [0.3, 0.4) is 0 Å². The smallest absolute Gasteiger partial charge is 0.0502 e. The Morgan fingerprint density at radius 3 is 2.07 bits per heavy atom. The van der Waals surface area contributed by atoms with Crippen LogP contribution in [0.5, 0.6) is 0 Å². The Morgan fingerprint density at radius 2 is 1.22 bits per heavy atom. The van der Waals surface area contributed by atoms with Crippen LogP contribution in [-0.4, -0.2) is 0 Å². The number of hydrogen-bond acceptors (Lipinski definition) is 2. The molecule has 7 aliphatic rings. The van der Waals surface area contributed by atoms with Crippen LogP contribution >= 0.6 is 11.8 Å². The fourth-order valence-corrected chi connectivity index (χ4v) is 16.6. The molecule has 2 spiro atoms. The number of rotatable bonds is 4. The van der Waals surface area contributed by atoms with Gasteiger partial charge in [0, 0.05) is 32.0 Å². The van der Waals surface area contributed by atoms with E-state index in [2.05, 4.69) is 174 Å². The molecule has 0 radical (unpaired) electrons. The first-order valence-electron chi connectivity index (χ1n) is 22.6. The molecule has 0 N–H and O–H groups in total. The van der Waals surface area contributed by atoms with Gasteiger partial charge in [0.1, 0.15) is 0 Å². The minimum absolute atomic E-state index is 0.0501. The van der Waals surface area contributed by atoms with E-state index >= 15 is 0 Å². The minimum atomic E-state index is -0.0787. The van der Waals surface area contributed by atoms with Gasteiger partial charge in [-0.3, -0.25) is 0 Å². The summed E-state index contributed by atoms with van der Waals surface area (Å²) in [4.78, 5) is 5.63. The summed E-state index contributed by atoms with van der Waals surface area (Å²) in [7, 11) is 0. The topological polar surface area (TPSA) is 3.24 Å². The molecule has 6 unspecified atom stereocenters. The maximum atomic E-state index is 2.67. The monoisotopic (exact) mass is 785 g/mol. The van der Waals surface area contributed by atoms with E-state index in [-0.39, 0.29) is 21.7 Å². The second-order valence-electron chi connectivity index (χ2n) is 21.6. The molecule has 294 valence electrons. The van der Waals surface area contributed by atoms with Gasteiger partial charge in [-0.2, -0.15) is 0 Å². The summed E-state index contributed by atoms with van der Waals surface area (Å²) in [6, 6.07) is 50.1. The number of hydrogen-bond donors (Lipinski definition) is 0. The van der Waals surface area contributed by atoms with Gasteiger partial charge in [-0.25, -0.2) is 0 Å². The molecule has 2 heteroatoms. The Labute approximate surface area is 355 Å². The van der Waals surface area contributed by atoms with E-state index < -0.39 is 0 Å². The van der Waals surface area contributed by atoms with Crippen LogP contribution < -0.4 is 4.90 Å². The van der Waals surface area contributed by atoms with Crippen molar-refractivity contribution in [3.8, 4) is 22.3 Å². The van der Waals surface area contributed by atoms with Gasteiger partial charge in [-0.05, 0) is 170 Å². The fraction of sp³-hybridized carbons (Fsp3) is 0.368. The fourth-order valence-electron chi connectivity index (χ4n) is 15.3. The predicted molar refractivity (Wildman–Crippen MR) is 246 cm³/mol. The third-order valence-electron chi connectivity index (χ3n) is 17.8. The molecule has 0 amide bonds. The molecular weight excluding hydrogens is 731 g/mol. The van der Waals surface area contributed by atoms with Gasteiger partial charge in [0.05, 0.1) is 5.69 Å². The largest absolute Gasteiger partial charge is 0.310 e. The van der Waals surface area contributed by atoms with Gasteiger partial charge in [0.2, 0.25) is 0 Å². The number of anilines is 3. The van der Waals surface area contributed by atoms with Gasteiger partial charge in [-0.15, -0.1) is 0 Å². The van der Waals surface area contributed by atoms with Crippen LogP contribution in [0.1, 0.15) is 113 Å². The highest BCUT2D eigenvalue weighted by molar-refractivity contribution is 7.99. The predicted octanol–water partition coefficient (Wildman–Crippen LogP) is 15.3. The number of benzene rings is 6. The van der Waals surface area contributed by atoms with E-state index in [4.69, 9.17) is 0 Å². The molecule has 0 aromatic heterocycles. The Kier molecular flexibility index (Phi) is 6.83.